The van der Waals surface area contributed by atoms with E-state index in [9.17, 15) is 4.79 Å². The van der Waals surface area contributed by atoms with Crippen molar-refractivity contribution in [3.8, 4) is 5.75 Å². The molecule has 5 nitrogen and oxygen atoms in total. The molecule has 1 N–H and O–H groups in total. The summed E-state index contributed by atoms with van der Waals surface area (Å²) in [6, 6.07) is 7.22. The van der Waals surface area contributed by atoms with Gasteiger partial charge in [-0.1, -0.05) is 6.92 Å². The van der Waals surface area contributed by atoms with E-state index in [2.05, 4.69) is 35.9 Å². The molecule has 27 heavy (non-hydrogen) atoms. The normalized spacial score (nSPS) is 15.7. The minimum absolute atomic E-state index is 0.0732. The second-order valence-corrected chi connectivity index (χ2v) is 8.21. The maximum atomic E-state index is 12.7. The highest BCUT2D eigenvalue weighted by Gasteiger charge is 2.21. The zero-order chi connectivity index (χ0) is 19.4. The molecule has 2 aromatic rings. The fraction of sp³-hybridized carbons (Fsp3) is 0.476. The molecular formula is C21H29N3O2S. The van der Waals surface area contributed by atoms with E-state index in [4.69, 9.17) is 4.74 Å². The van der Waals surface area contributed by atoms with Crippen LogP contribution in [0.5, 0.6) is 5.75 Å². The van der Waals surface area contributed by atoms with E-state index in [1.807, 2.05) is 12.1 Å². The Morgan fingerprint density at radius 1 is 1.11 bits per heavy atom. The van der Waals surface area contributed by atoms with Crippen molar-refractivity contribution in [3.05, 3.63) is 45.8 Å². The van der Waals surface area contributed by atoms with Crippen LogP contribution in [0.3, 0.4) is 0 Å². The second kappa shape index (κ2) is 8.87. The van der Waals surface area contributed by atoms with Gasteiger partial charge in [0.1, 0.15) is 10.8 Å². The number of carbonyl (C=O) groups excluding carboxylic acids is 1. The Labute approximate surface area is 165 Å². The molecule has 1 saturated heterocycles. The summed E-state index contributed by atoms with van der Waals surface area (Å²) >= 11 is 1.67. The minimum Gasteiger partial charge on any atom is -0.497 e. The Kier molecular flexibility index (Phi) is 6.52. The molecule has 0 spiro atoms. The molecule has 146 valence electrons. The Bertz CT molecular complexity index is 777. The third-order valence-electron chi connectivity index (χ3n) is 5.38. The lowest BCUT2D eigenvalue weighted by molar-refractivity contribution is 0.102. The summed E-state index contributed by atoms with van der Waals surface area (Å²) in [5, 5.41) is 4.11. The summed E-state index contributed by atoms with van der Waals surface area (Å²) in [6.07, 6.45) is 0. The summed E-state index contributed by atoms with van der Waals surface area (Å²) < 4.78 is 5.17. The Morgan fingerprint density at radius 3 is 2.33 bits per heavy atom. The predicted octanol–water partition coefficient (Wildman–Crippen LogP) is 3.76. The zero-order valence-electron chi connectivity index (χ0n) is 16.7. The SMILES string of the molecule is CCN1CCN(Cc2c(NC(=O)c3ccc(OC)cc3)sc(C)c2C)CC1. The summed E-state index contributed by atoms with van der Waals surface area (Å²) in [7, 11) is 1.62. The van der Waals surface area contributed by atoms with Gasteiger partial charge in [-0.25, -0.2) is 0 Å². The largest absolute Gasteiger partial charge is 0.497 e. The number of benzene rings is 1. The van der Waals surface area contributed by atoms with E-state index in [1.54, 1.807) is 30.6 Å². The number of amides is 1. The topological polar surface area (TPSA) is 44.8 Å². The lowest BCUT2D eigenvalue weighted by atomic mass is 10.1. The highest BCUT2D eigenvalue weighted by Crippen LogP contribution is 2.34. The van der Waals surface area contributed by atoms with Crippen LogP contribution >= 0.6 is 11.3 Å². The molecule has 1 aromatic carbocycles. The van der Waals surface area contributed by atoms with Gasteiger partial charge in [-0.2, -0.15) is 0 Å². The molecule has 3 rings (SSSR count). The number of thiophene rings is 1. The van der Waals surface area contributed by atoms with E-state index >= 15 is 0 Å². The number of anilines is 1. The number of aryl methyl sites for hydroxylation is 1. The average Bonchev–Trinajstić information content (AvgIpc) is 2.96. The van der Waals surface area contributed by atoms with Crippen molar-refractivity contribution >= 4 is 22.2 Å². The van der Waals surface area contributed by atoms with E-state index < -0.39 is 0 Å². The molecule has 0 saturated carbocycles. The van der Waals surface area contributed by atoms with Crippen LogP contribution in [0.1, 0.15) is 33.3 Å². The minimum atomic E-state index is -0.0732. The van der Waals surface area contributed by atoms with Gasteiger partial charge in [-0.3, -0.25) is 9.69 Å². The van der Waals surface area contributed by atoms with Gasteiger partial charge >= 0.3 is 0 Å². The molecule has 6 heteroatoms. The third-order valence-corrected chi connectivity index (χ3v) is 6.55. The van der Waals surface area contributed by atoms with Gasteiger partial charge in [0.25, 0.3) is 5.91 Å². The van der Waals surface area contributed by atoms with Gasteiger partial charge < -0.3 is 15.0 Å². The number of hydrogen-bond donors (Lipinski definition) is 1. The quantitative estimate of drug-likeness (QED) is 0.820. The fourth-order valence-electron chi connectivity index (χ4n) is 3.37. The standard InChI is InChI=1S/C21H29N3O2S/c1-5-23-10-12-24(13-11-23)14-19-15(2)16(3)27-21(19)22-20(25)17-6-8-18(26-4)9-7-17/h6-9H,5,10-14H2,1-4H3,(H,22,25). The van der Waals surface area contributed by atoms with Crippen LogP contribution in [-0.4, -0.2) is 55.5 Å². The highest BCUT2D eigenvalue weighted by molar-refractivity contribution is 7.16. The van der Waals surface area contributed by atoms with Crippen molar-refractivity contribution in [1.29, 1.82) is 0 Å². The zero-order valence-corrected chi connectivity index (χ0v) is 17.5. The van der Waals surface area contributed by atoms with Crippen LogP contribution in [-0.2, 0) is 6.54 Å². The highest BCUT2D eigenvalue weighted by atomic mass is 32.1. The van der Waals surface area contributed by atoms with Gasteiger partial charge in [-0.15, -0.1) is 11.3 Å². The molecule has 0 aliphatic carbocycles. The van der Waals surface area contributed by atoms with Crippen molar-refractivity contribution in [2.75, 3.05) is 45.2 Å². The van der Waals surface area contributed by atoms with Gasteiger partial charge in [0.05, 0.1) is 7.11 Å². The smallest absolute Gasteiger partial charge is 0.256 e. The number of rotatable bonds is 6. The number of piperazine rings is 1. The average molecular weight is 388 g/mol. The predicted molar refractivity (Wildman–Crippen MR) is 112 cm³/mol. The summed E-state index contributed by atoms with van der Waals surface area (Å²) in [5.41, 5.74) is 3.19. The molecule has 0 atom stereocenters. The molecular weight excluding hydrogens is 358 g/mol. The van der Waals surface area contributed by atoms with Gasteiger partial charge in [0.15, 0.2) is 0 Å². The molecule has 1 aromatic heterocycles. The van der Waals surface area contributed by atoms with Crippen LogP contribution in [0.2, 0.25) is 0 Å². The number of nitrogens with one attached hydrogen (secondary N) is 1. The van der Waals surface area contributed by atoms with Crippen molar-refractivity contribution in [2.24, 2.45) is 0 Å². The first kappa shape index (κ1) is 19.9. The van der Waals surface area contributed by atoms with E-state index in [-0.39, 0.29) is 5.91 Å². The van der Waals surface area contributed by atoms with E-state index in [1.165, 1.54) is 16.0 Å². The number of methoxy groups -OCH3 is 1. The van der Waals surface area contributed by atoms with E-state index in [0.29, 0.717) is 5.56 Å². The maximum absolute atomic E-state index is 12.7. The molecule has 1 fully saturated rings. The molecule has 0 unspecified atom stereocenters. The Morgan fingerprint density at radius 2 is 1.74 bits per heavy atom. The summed E-state index contributed by atoms with van der Waals surface area (Å²) in [6.45, 7) is 12.9. The molecule has 1 aliphatic rings. The van der Waals surface area contributed by atoms with Gasteiger partial charge in [0.2, 0.25) is 0 Å². The first-order chi connectivity index (χ1) is 13.0. The number of ether oxygens (including phenoxy) is 1. The summed E-state index contributed by atoms with van der Waals surface area (Å²) in [4.78, 5) is 18.9. The lowest BCUT2D eigenvalue weighted by Crippen LogP contribution is -2.45. The molecule has 0 bridgehead atoms. The number of hydrogen-bond acceptors (Lipinski definition) is 5. The first-order valence-electron chi connectivity index (χ1n) is 9.50. The van der Waals surface area contributed by atoms with Crippen LogP contribution in [0, 0.1) is 13.8 Å². The Balaban J connectivity index is 1.72. The molecule has 2 heterocycles. The number of nitrogens with zero attached hydrogens (tertiary/aromatic N) is 2. The fourth-order valence-corrected chi connectivity index (χ4v) is 4.44. The molecule has 0 radical (unpaired) electrons. The van der Waals surface area contributed by atoms with Crippen molar-refractivity contribution < 1.29 is 9.53 Å². The lowest BCUT2D eigenvalue weighted by Gasteiger charge is -2.34. The van der Waals surface area contributed by atoms with Crippen LogP contribution in [0.15, 0.2) is 24.3 Å². The van der Waals surface area contributed by atoms with Crippen LogP contribution in [0.4, 0.5) is 5.00 Å². The van der Waals surface area contributed by atoms with Crippen molar-refractivity contribution in [2.45, 2.75) is 27.3 Å². The second-order valence-electron chi connectivity index (χ2n) is 6.98. The number of likely N-dealkylation sites (N-methyl/N-ethyl adjacent to an activating group) is 1. The third kappa shape index (κ3) is 4.69. The van der Waals surface area contributed by atoms with Crippen molar-refractivity contribution in [1.82, 2.24) is 9.80 Å². The maximum Gasteiger partial charge on any atom is 0.256 e. The van der Waals surface area contributed by atoms with Crippen LogP contribution in [0.25, 0.3) is 0 Å². The van der Waals surface area contributed by atoms with E-state index in [0.717, 1.165) is 50.0 Å². The first-order valence-corrected chi connectivity index (χ1v) is 10.3. The van der Waals surface area contributed by atoms with Crippen molar-refractivity contribution in [3.63, 3.8) is 0 Å². The van der Waals surface area contributed by atoms with Crippen LogP contribution < -0.4 is 10.1 Å². The summed E-state index contributed by atoms with van der Waals surface area (Å²) in [5.74, 6) is 0.678. The Hall–Kier alpha value is -1.89. The van der Waals surface area contributed by atoms with Gasteiger partial charge in [-0.05, 0) is 50.2 Å². The monoisotopic (exact) mass is 387 g/mol. The molecule has 1 amide bonds. The van der Waals surface area contributed by atoms with Gasteiger partial charge in [0, 0.05) is 48.7 Å². The molecule has 1 aliphatic heterocycles. The number of carbonyl (C=O) groups is 1.